The number of alkyl halides is 1. The highest BCUT2D eigenvalue weighted by Gasteiger charge is 2.10. The summed E-state index contributed by atoms with van der Waals surface area (Å²) in [5.74, 6) is 0. The third kappa shape index (κ3) is 4.07. The zero-order valence-electron chi connectivity index (χ0n) is 10.8. The Morgan fingerprint density at radius 3 is 2.47 bits per heavy atom. The van der Waals surface area contributed by atoms with Gasteiger partial charge in [0.25, 0.3) is 0 Å². The van der Waals surface area contributed by atoms with Gasteiger partial charge in [-0.25, -0.2) is 0 Å². The van der Waals surface area contributed by atoms with Crippen LogP contribution in [0.5, 0.6) is 0 Å². The van der Waals surface area contributed by atoms with Crippen molar-refractivity contribution in [1.29, 1.82) is 0 Å². The van der Waals surface area contributed by atoms with Crippen LogP contribution in [0.15, 0.2) is 53.0 Å². The fourth-order valence-corrected chi connectivity index (χ4v) is 2.63. The number of halogens is 2. The summed E-state index contributed by atoms with van der Waals surface area (Å²) in [6.07, 6.45) is 0.931. The Balaban J connectivity index is 2.13. The first-order valence-electron chi connectivity index (χ1n) is 6.18. The number of hydrogen-bond acceptors (Lipinski definition) is 1. The molecule has 0 fully saturated rings. The number of methoxy groups -OCH3 is 1. The highest BCUT2D eigenvalue weighted by atomic mass is 79.9. The molecule has 0 amide bonds. The number of benzene rings is 2. The number of ether oxygens (including phenoxy) is 1. The van der Waals surface area contributed by atoms with Gasteiger partial charge in [0.15, 0.2) is 0 Å². The van der Waals surface area contributed by atoms with Crippen molar-refractivity contribution in [2.24, 2.45) is 0 Å². The van der Waals surface area contributed by atoms with E-state index in [0.29, 0.717) is 0 Å². The van der Waals surface area contributed by atoms with Crippen LogP contribution in [-0.4, -0.2) is 13.7 Å². The van der Waals surface area contributed by atoms with E-state index in [2.05, 4.69) is 46.3 Å². The molecular formula is C16H16BrClO. The second kappa shape index (κ2) is 7.09. The molecule has 0 saturated heterocycles. The van der Waals surface area contributed by atoms with Crippen molar-refractivity contribution in [3.05, 3.63) is 69.7 Å². The van der Waals surface area contributed by atoms with Crippen molar-refractivity contribution in [1.82, 2.24) is 0 Å². The molecule has 19 heavy (non-hydrogen) atoms. The van der Waals surface area contributed by atoms with Crippen molar-refractivity contribution >= 4 is 27.5 Å². The number of rotatable bonds is 5. The molecule has 0 N–H and O–H groups in total. The normalized spacial score (nSPS) is 12.4. The van der Waals surface area contributed by atoms with Crippen molar-refractivity contribution in [2.75, 3.05) is 13.7 Å². The van der Waals surface area contributed by atoms with Gasteiger partial charge in [-0.3, -0.25) is 0 Å². The Labute approximate surface area is 127 Å². The van der Waals surface area contributed by atoms with E-state index < -0.39 is 0 Å². The summed E-state index contributed by atoms with van der Waals surface area (Å²) in [7, 11) is 1.72. The second-order valence-corrected chi connectivity index (χ2v) is 5.75. The summed E-state index contributed by atoms with van der Waals surface area (Å²) < 4.78 is 6.12. The van der Waals surface area contributed by atoms with E-state index >= 15 is 0 Å². The maximum atomic E-state index is 6.51. The van der Waals surface area contributed by atoms with Crippen LogP contribution in [0.4, 0.5) is 0 Å². The van der Waals surface area contributed by atoms with Crippen molar-refractivity contribution in [2.45, 2.75) is 11.8 Å². The number of hydrogen-bond donors (Lipinski definition) is 0. The highest BCUT2D eigenvalue weighted by Crippen LogP contribution is 2.30. The maximum Gasteiger partial charge on any atom is 0.0835 e. The molecule has 0 heterocycles. The first-order chi connectivity index (χ1) is 9.20. The van der Waals surface area contributed by atoms with Gasteiger partial charge in [-0.2, -0.15) is 0 Å². The van der Waals surface area contributed by atoms with Crippen LogP contribution in [0, 0.1) is 0 Å². The molecule has 0 bridgehead atoms. The largest absolute Gasteiger partial charge is 0.384 e. The molecule has 2 aromatic carbocycles. The van der Waals surface area contributed by atoms with Gasteiger partial charge in [0.1, 0.15) is 0 Å². The molecule has 2 aromatic rings. The average molecular weight is 340 g/mol. The van der Waals surface area contributed by atoms with E-state index in [0.717, 1.165) is 28.6 Å². The topological polar surface area (TPSA) is 9.23 Å². The maximum absolute atomic E-state index is 6.51. The van der Waals surface area contributed by atoms with E-state index in [-0.39, 0.29) is 5.38 Å². The van der Waals surface area contributed by atoms with E-state index in [9.17, 15) is 0 Å². The monoisotopic (exact) mass is 338 g/mol. The predicted molar refractivity (Wildman–Crippen MR) is 83.9 cm³/mol. The molecular weight excluding hydrogens is 324 g/mol. The first kappa shape index (κ1) is 14.6. The molecule has 1 unspecified atom stereocenters. The van der Waals surface area contributed by atoms with Gasteiger partial charge < -0.3 is 4.74 Å². The fourth-order valence-electron chi connectivity index (χ4n) is 1.93. The lowest BCUT2D eigenvalue weighted by molar-refractivity contribution is 0.202. The van der Waals surface area contributed by atoms with Crippen molar-refractivity contribution < 1.29 is 4.74 Å². The van der Waals surface area contributed by atoms with Gasteiger partial charge >= 0.3 is 0 Å². The van der Waals surface area contributed by atoms with Crippen LogP contribution in [0.3, 0.4) is 0 Å². The molecule has 0 aliphatic heterocycles. The predicted octanol–water partition coefficient (Wildman–Crippen LogP) is 4.97. The van der Waals surface area contributed by atoms with Crippen LogP contribution in [0.25, 0.3) is 0 Å². The molecule has 3 heteroatoms. The summed E-state index contributed by atoms with van der Waals surface area (Å²) in [4.78, 5) is 0. The molecule has 2 rings (SSSR count). The lowest BCUT2D eigenvalue weighted by Gasteiger charge is -2.11. The summed E-state index contributed by atoms with van der Waals surface area (Å²) in [6.45, 7) is 0.745. The molecule has 0 aromatic heterocycles. The first-order valence-corrected chi connectivity index (χ1v) is 7.41. The summed E-state index contributed by atoms with van der Waals surface area (Å²) >= 11 is 9.99. The summed E-state index contributed by atoms with van der Waals surface area (Å²) in [6, 6.07) is 16.5. The zero-order valence-corrected chi connectivity index (χ0v) is 13.1. The SMILES string of the molecule is COCCc1ccc(C(Cl)c2cccc(Br)c2)cc1. The molecule has 0 aliphatic rings. The van der Waals surface area contributed by atoms with Crippen LogP contribution in [0.2, 0.25) is 0 Å². The lowest BCUT2D eigenvalue weighted by atomic mass is 10.0. The molecule has 0 saturated carbocycles. The van der Waals surface area contributed by atoms with Crippen molar-refractivity contribution in [3.8, 4) is 0 Å². The third-order valence-corrected chi connectivity index (χ3v) is 4.01. The van der Waals surface area contributed by atoms with Crippen LogP contribution >= 0.6 is 27.5 Å². The summed E-state index contributed by atoms with van der Waals surface area (Å²) in [5, 5.41) is -0.117. The zero-order chi connectivity index (χ0) is 13.7. The van der Waals surface area contributed by atoms with Crippen LogP contribution in [-0.2, 0) is 11.2 Å². The minimum absolute atomic E-state index is 0.117. The quantitative estimate of drug-likeness (QED) is 0.699. The Hall–Kier alpha value is -0.830. The minimum Gasteiger partial charge on any atom is -0.384 e. The lowest BCUT2D eigenvalue weighted by Crippen LogP contribution is -1.96. The fraction of sp³-hybridized carbons (Fsp3) is 0.250. The van der Waals surface area contributed by atoms with Gasteiger partial charge in [-0.1, -0.05) is 52.3 Å². The van der Waals surface area contributed by atoms with E-state index in [1.165, 1.54) is 5.56 Å². The molecule has 0 aliphatic carbocycles. The van der Waals surface area contributed by atoms with Crippen LogP contribution in [0.1, 0.15) is 22.1 Å². The second-order valence-electron chi connectivity index (χ2n) is 4.40. The van der Waals surface area contributed by atoms with Gasteiger partial charge in [0.2, 0.25) is 0 Å². The Morgan fingerprint density at radius 1 is 1.11 bits per heavy atom. The molecule has 1 nitrogen and oxygen atoms in total. The van der Waals surface area contributed by atoms with E-state index in [4.69, 9.17) is 16.3 Å². The summed E-state index contributed by atoms with van der Waals surface area (Å²) in [5.41, 5.74) is 3.48. The molecule has 0 radical (unpaired) electrons. The Kier molecular flexibility index (Phi) is 5.44. The van der Waals surface area contributed by atoms with Gasteiger partial charge in [-0.15, -0.1) is 11.6 Å². The minimum atomic E-state index is -0.117. The van der Waals surface area contributed by atoms with Gasteiger partial charge in [0, 0.05) is 11.6 Å². The van der Waals surface area contributed by atoms with E-state index in [1.54, 1.807) is 7.11 Å². The molecule has 1 atom stereocenters. The smallest absolute Gasteiger partial charge is 0.0835 e. The highest BCUT2D eigenvalue weighted by molar-refractivity contribution is 9.10. The Bertz CT molecular complexity index is 525. The molecule has 100 valence electrons. The van der Waals surface area contributed by atoms with Crippen LogP contribution < -0.4 is 0 Å². The average Bonchev–Trinajstić information content (AvgIpc) is 2.45. The Morgan fingerprint density at radius 2 is 1.84 bits per heavy atom. The standard InChI is InChI=1S/C16H16BrClO/c1-19-10-9-12-5-7-13(8-6-12)16(18)14-3-2-4-15(17)11-14/h2-8,11,16H,9-10H2,1H3. The molecule has 0 spiro atoms. The third-order valence-electron chi connectivity index (χ3n) is 3.01. The van der Waals surface area contributed by atoms with Gasteiger partial charge in [-0.05, 0) is 35.2 Å². The van der Waals surface area contributed by atoms with E-state index in [1.807, 2.05) is 18.2 Å². The van der Waals surface area contributed by atoms with Crippen molar-refractivity contribution in [3.63, 3.8) is 0 Å². The van der Waals surface area contributed by atoms with Gasteiger partial charge in [0.05, 0.1) is 12.0 Å².